The van der Waals surface area contributed by atoms with Crippen LogP contribution >= 0.6 is 0 Å². The number of benzene rings is 2. The highest BCUT2D eigenvalue weighted by atomic mass is 19.4. The van der Waals surface area contributed by atoms with Gasteiger partial charge in [-0.1, -0.05) is 6.07 Å². The number of carbonyl (C=O) groups excluding carboxylic acids is 1. The number of hydrogen-bond acceptors (Lipinski definition) is 7. The standard InChI is InChI=1S/C29H21F3N8O/c1-39-16-35-38-26(39)19-7-6-17(13-33)10-21(19)18-11-24(37-28(15-34)8-3-9-28)36-25(12-18)40-14-22-20(27(40)41)4-2-5-23(22)29(30,31)32/h2,4-7,10-12,16H,3,8-9,14H2,1H3,(H,36,37). The molecule has 12 heteroatoms. The van der Waals surface area contributed by atoms with Crippen LogP contribution in [-0.4, -0.2) is 31.2 Å². The molecule has 1 aliphatic heterocycles. The largest absolute Gasteiger partial charge is 0.416 e. The number of aromatic nitrogens is 4. The van der Waals surface area contributed by atoms with Crippen LogP contribution in [-0.2, 0) is 19.8 Å². The van der Waals surface area contributed by atoms with Crippen LogP contribution in [0, 0.1) is 22.7 Å². The van der Waals surface area contributed by atoms with Crippen LogP contribution in [0.2, 0.25) is 0 Å². The molecule has 41 heavy (non-hydrogen) atoms. The van der Waals surface area contributed by atoms with E-state index in [0.29, 0.717) is 40.9 Å². The van der Waals surface area contributed by atoms with E-state index in [1.807, 2.05) is 0 Å². The highest BCUT2D eigenvalue weighted by molar-refractivity contribution is 6.10. The number of hydrogen-bond donors (Lipinski definition) is 1. The van der Waals surface area contributed by atoms with Gasteiger partial charge in [0.2, 0.25) is 0 Å². The van der Waals surface area contributed by atoms with Gasteiger partial charge in [-0.05, 0) is 78.4 Å². The van der Waals surface area contributed by atoms with Crippen molar-refractivity contribution < 1.29 is 18.0 Å². The van der Waals surface area contributed by atoms with Crippen LogP contribution < -0.4 is 10.2 Å². The first-order chi connectivity index (χ1) is 19.6. The Kier molecular flexibility index (Phi) is 6.00. The van der Waals surface area contributed by atoms with E-state index in [2.05, 4.69) is 32.6 Å². The van der Waals surface area contributed by atoms with E-state index in [-0.39, 0.29) is 29.3 Å². The van der Waals surface area contributed by atoms with Gasteiger partial charge in [-0.3, -0.25) is 9.69 Å². The van der Waals surface area contributed by atoms with Crippen LogP contribution in [0.3, 0.4) is 0 Å². The Morgan fingerprint density at radius 3 is 2.49 bits per heavy atom. The molecule has 1 fully saturated rings. The molecule has 9 nitrogen and oxygen atoms in total. The second-order valence-electron chi connectivity index (χ2n) is 10.1. The maximum absolute atomic E-state index is 13.8. The maximum Gasteiger partial charge on any atom is 0.416 e. The zero-order valence-electron chi connectivity index (χ0n) is 21.7. The molecule has 0 spiro atoms. The maximum atomic E-state index is 13.8. The molecule has 0 atom stereocenters. The first-order valence-electron chi connectivity index (χ1n) is 12.7. The number of alkyl halides is 3. The van der Waals surface area contributed by atoms with Crippen molar-refractivity contribution in [1.29, 1.82) is 10.5 Å². The van der Waals surface area contributed by atoms with E-state index in [0.717, 1.165) is 12.5 Å². The lowest BCUT2D eigenvalue weighted by Crippen LogP contribution is -2.43. The molecule has 2 aliphatic rings. The molecule has 6 rings (SSSR count). The topological polar surface area (TPSA) is 124 Å². The lowest BCUT2D eigenvalue weighted by atomic mass is 9.78. The van der Waals surface area contributed by atoms with Gasteiger partial charge < -0.3 is 9.88 Å². The van der Waals surface area contributed by atoms with Crippen LogP contribution in [0.5, 0.6) is 0 Å². The summed E-state index contributed by atoms with van der Waals surface area (Å²) in [6.07, 6.45) is -1.04. The van der Waals surface area contributed by atoms with Gasteiger partial charge in [-0.25, -0.2) is 4.98 Å². The number of rotatable bonds is 5. The minimum Gasteiger partial charge on any atom is -0.352 e. The summed E-state index contributed by atoms with van der Waals surface area (Å²) in [6, 6.07) is 16.3. The molecule has 204 valence electrons. The third-order valence-corrected chi connectivity index (χ3v) is 7.56. The van der Waals surface area contributed by atoms with E-state index in [1.165, 1.54) is 23.4 Å². The molecule has 0 unspecified atom stereocenters. The van der Waals surface area contributed by atoms with Crippen molar-refractivity contribution in [2.24, 2.45) is 7.05 Å². The fourth-order valence-corrected chi connectivity index (χ4v) is 5.27. The highest BCUT2D eigenvalue weighted by Gasteiger charge is 2.41. The number of anilines is 2. The summed E-state index contributed by atoms with van der Waals surface area (Å²) in [5, 5.41) is 30.8. The van der Waals surface area contributed by atoms with Gasteiger partial charge in [0.1, 0.15) is 23.5 Å². The monoisotopic (exact) mass is 554 g/mol. The number of nitrogens with zero attached hydrogens (tertiary/aromatic N) is 7. The SMILES string of the molecule is Cn1cnnc1-c1ccc(C#N)cc1-c1cc(NC2(C#N)CCC2)nc(N2Cc3c(cccc3C(F)(F)F)C2=O)c1. The minimum atomic E-state index is -4.63. The van der Waals surface area contributed by atoms with E-state index in [4.69, 9.17) is 0 Å². The molecule has 2 aromatic carbocycles. The first kappa shape index (κ1) is 26.0. The molecule has 1 saturated carbocycles. The molecule has 2 aromatic heterocycles. The quantitative estimate of drug-likeness (QED) is 0.348. The second-order valence-corrected chi connectivity index (χ2v) is 10.1. The van der Waals surface area contributed by atoms with Gasteiger partial charge in [-0.15, -0.1) is 10.2 Å². The number of nitrogens with one attached hydrogen (secondary N) is 1. The second kappa shape index (κ2) is 9.45. The average molecular weight is 555 g/mol. The Morgan fingerprint density at radius 2 is 1.85 bits per heavy atom. The molecular weight excluding hydrogens is 533 g/mol. The van der Waals surface area contributed by atoms with Crippen molar-refractivity contribution in [1.82, 2.24) is 19.7 Å². The zero-order valence-corrected chi connectivity index (χ0v) is 21.7. The number of halogens is 3. The lowest BCUT2D eigenvalue weighted by Gasteiger charge is -2.36. The number of amides is 1. The smallest absolute Gasteiger partial charge is 0.352 e. The first-order valence-corrected chi connectivity index (χ1v) is 12.7. The van der Waals surface area contributed by atoms with Gasteiger partial charge in [-0.2, -0.15) is 23.7 Å². The van der Waals surface area contributed by atoms with E-state index in [9.17, 15) is 28.5 Å². The summed E-state index contributed by atoms with van der Waals surface area (Å²) in [6.45, 7) is -0.322. The average Bonchev–Trinajstić information content (AvgIpc) is 3.52. The predicted molar refractivity (Wildman–Crippen MR) is 142 cm³/mol. The summed E-state index contributed by atoms with van der Waals surface area (Å²) in [7, 11) is 1.77. The van der Waals surface area contributed by atoms with Crippen molar-refractivity contribution in [3.05, 3.63) is 77.1 Å². The van der Waals surface area contributed by atoms with E-state index < -0.39 is 23.2 Å². The van der Waals surface area contributed by atoms with Crippen LogP contribution in [0.25, 0.3) is 22.5 Å². The minimum absolute atomic E-state index is 0.0414. The van der Waals surface area contributed by atoms with Gasteiger partial charge in [0.05, 0.1) is 29.8 Å². The van der Waals surface area contributed by atoms with Crippen molar-refractivity contribution in [3.8, 4) is 34.7 Å². The zero-order chi connectivity index (χ0) is 28.9. The fraction of sp³-hybridized carbons (Fsp3) is 0.241. The van der Waals surface area contributed by atoms with Crippen molar-refractivity contribution in [2.75, 3.05) is 10.2 Å². The Morgan fingerprint density at radius 1 is 1.05 bits per heavy atom. The molecule has 1 aliphatic carbocycles. The molecule has 0 bridgehead atoms. The van der Waals surface area contributed by atoms with Crippen molar-refractivity contribution >= 4 is 17.5 Å². The summed E-state index contributed by atoms with van der Waals surface area (Å²) in [5.74, 6) is 0.298. The number of fused-ring (bicyclic) bond motifs is 1. The Bertz CT molecular complexity index is 1790. The third-order valence-electron chi connectivity index (χ3n) is 7.56. The number of nitriles is 2. The molecular formula is C29H21F3N8O. The van der Waals surface area contributed by atoms with E-state index in [1.54, 1.807) is 41.9 Å². The molecule has 1 N–H and O–H groups in total. The lowest BCUT2D eigenvalue weighted by molar-refractivity contribution is -0.138. The van der Waals surface area contributed by atoms with Gasteiger partial charge in [0, 0.05) is 18.2 Å². The summed E-state index contributed by atoms with van der Waals surface area (Å²) >= 11 is 0. The highest BCUT2D eigenvalue weighted by Crippen LogP contribution is 2.41. The van der Waals surface area contributed by atoms with Crippen molar-refractivity contribution in [2.45, 2.75) is 37.5 Å². The number of aryl methyl sites for hydroxylation is 1. The normalized spacial score (nSPS) is 15.6. The molecule has 1 amide bonds. The van der Waals surface area contributed by atoms with Crippen LogP contribution in [0.15, 0.2) is 54.9 Å². The molecule has 0 radical (unpaired) electrons. The Hall–Kier alpha value is -5.23. The molecule has 3 heterocycles. The Labute approximate surface area is 232 Å². The summed E-state index contributed by atoms with van der Waals surface area (Å²) in [4.78, 5) is 19.2. The fourth-order valence-electron chi connectivity index (χ4n) is 5.27. The van der Waals surface area contributed by atoms with Gasteiger partial charge in [0.15, 0.2) is 5.82 Å². The number of carbonyl (C=O) groups is 1. The summed E-state index contributed by atoms with van der Waals surface area (Å²) in [5.41, 5.74) is 0.235. The predicted octanol–water partition coefficient (Wildman–Crippen LogP) is 5.45. The number of pyridine rings is 1. The molecule has 0 saturated heterocycles. The molecule has 4 aromatic rings. The van der Waals surface area contributed by atoms with Crippen molar-refractivity contribution in [3.63, 3.8) is 0 Å². The third kappa shape index (κ3) is 4.43. The van der Waals surface area contributed by atoms with Gasteiger partial charge >= 0.3 is 6.18 Å². The van der Waals surface area contributed by atoms with Crippen LogP contribution in [0.1, 0.15) is 46.3 Å². The van der Waals surface area contributed by atoms with E-state index >= 15 is 0 Å². The Balaban J connectivity index is 1.52. The van der Waals surface area contributed by atoms with Gasteiger partial charge in [0.25, 0.3) is 5.91 Å². The van der Waals surface area contributed by atoms with Crippen LogP contribution in [0.4, 0.5) is 24.8 Å². The summed E-state index contributed by atoms with van der Waals surface area (Å²) < 4.78 is 43.0.